The van der Waals surface area contributed by atoms with E-state index in [2.05, 4.69) is 5.32 Å². The van der Waals surface area contributed by atoms with Crippen LogP contribution in [0.2, 0.25) is 0 Å². The molecule has 1 aliphatic rings. The molecule has 0 aliphatic carbocycles. The van der Waals surface area contributed by atoms with Crippen molar-refractivity contribution in [3.63, 3.8) is 0 Å². The summed E-state index contributed by atoms with van der Waals surface area (Å²) in [5.74, 6) is -1.25. The van der Waals surface area contributed by atoms with Gasteiger partial charge in [0.15, 0.2) is 0 Å². The van der Waals surface area contributed by atoms with E-state index in [1.807, 2.05) is 24.3 Å². The summed E-state index contributed by atoms with van der Waals surface area (Å²) in [7, 11) is -3.71. The number of hydrogen-bond donors (Lipinski definition) is 2. The first kappa shape index (κ1) is 21.0. The zero-order chi connectivity index (χ0) is 22.0. The Morgan fingerprint density at radius 3 is 2.39 bits per heavy atom. The normalized spacial score (nSPS) is 17.4. The van der Waals surface area contributed by atoms with Crippen LogP contribution in [0, 0.1) is 5.92 Å². The van der Waals surface area contributed by atoms with Crippen LogP contribution in [0.5, 0.6) is 0 Å². The van der Waals surface area contributed by atoms with Crippen LogP contribution >= 0.6 is 0 Å². The van der Waals surface area contributed by atoms with Gasteiger partial charge in [-0.05, 0) is 60.0 Å². The second-order valence-corrected chi connectivity index (χ2v) is 9.58. The molecule has 0 spiro atoms. The number of amides is 2. The van der Waals surface area contributed by atoms with Gasteiger partial charge >= 0.3 is 0 Å². The molecule has 1 heterocycles. The molecule has 0 aromatic heterocycles. The number of rotatable bonds is 5. The number of carbonyl (C=O) groups excluding carboxylic acids is 2. The number of primary amides is 1. The minimum Gasteiger partial charge on any atom is -0.366 e. The second kappa shape index (κ2) is 8.49. The van der Waals surface area contributed by atoms with E-state index < -0.39 is 21.8 Å². The van der Waals surface area contributed by atoms with Gasteiger partial charge in [0.25, 0.3) is 0 Å². The highest BCUT2D eigenvalue weighted by Crippen LogP contribution is 2.27. The maximum Gasteiger partial charge on any atom is 0.248 e. The lowest BCUT2D eigenvalue weighted by atomic mass is 9.98. The van der Waals surface area contributed by atoms with Crippen molar-refractivity contribution in [2.45, 2.75) is 17.7 Å². The van der Waals surface area contributed by atoms with Crippen LogP contribution in [-0.2, 0) is 14.8 Å². The number of carbonyl (C=O) groups is 2. The molecule has 3 N–H and O–H groups in total. The van der Waals surface area contributed by atoms with Crippen LogP contribution in [0.4, 0.5) is 5.69 Å². The molecule has 1 aliphatic heterocycles. The average Bonchev–Trinajstić information content (AvgIpc) is 2.79. The Hall–Kier alpha value is -3.23. The molecule has 1 saturated heterocycles. The minimum absolute atomic E-state index is 0.125. The monoisotopic (exact) mass is 437 g/mol. The number of benzene rings is 3. The highest BCUT2D eigenvalue weighted by molar-refractivity contribution is 7.89. The van der Waals surface area contributed by atoms with Gasteiger partial charge in [-0.25, -0.2) is 8.42 Å². The van der Waals surface area contributed by atoms with Crippen LogP contribution in [0.1, 0.15) is 23.2 Å². The van der Waals surface area contributed by atoms with Crippen molar-refractivity contribution in [1.29, 1.82) is 0 Å². The highest BCUT2D eigenvalue weighted by Gasteiger charge is 2.33. The molecule has 7 nitrogen and oxygen atoms in total. The van der Waals surface area contributed by atoms with Crippen LogP contribution in [-0.4, -0.2) is 37.6 Å². The number of nitrogens with two attached hydrogens (primary N) is 1. The molecule has 0 radical (unpaired) electrons. The molecule has 0 unspecified atom stereocenters. The van der Waals surface area contributed by atoms with Gasteiger partial charge in [0.2, 0.25) is 21.8 Å². The molecular weight excluding hydrogens is 414 g/mol. The van der Waals surface area contributed by atoms with Crippen molar-refractivity contribution in [2.24, 2.45) is 11.7 Å². The van der Waals surface area contributed by atoms with Crippen molar-refractivity contribution >= 4 is 38.3 Å². The SMILES string of the molecule is NC(=O)c1ccc(NC(=O)[C@@H]2CCCN(S(=O)(=O)c3ccc4ccccc4c3)C2)cc1. The summed E-state index contributed by atoms with van der Waals surface area (Å²) in [6, 6.07) is 19.0. The van der Waals surface area contributed by atoms with Gasteiger partial charge < -0.3 is 11.1 Å². The smallest absolute Gasteiger partial charge is 0.248 e. The van der Waals surface area contributed by atoms with Crippen molar-refractivity contribution < 1.29 is 18.0 Å². The number of nitrogens with one attached hydrogen (secondary N) is 1. The molecule has 8 heteroatoms. The highest BCUT2D eigenvalue weighted by atomic mass is 32.2. The van der Waals surface area contributed by atoms with Crippen molar-refractivity contribution in [2.75, 3.05) is 18.4 Å². The average molecular weight is 438 g/mol. The van der Waals surface area contributed by atoms with Crippen LogP contribution in [0.25, 0.3) is 10.8 Å². The Balaban J connectivity index is 1.48. The molecule has 0 saturated carbocycles. The molecule has 0 bridgehead atoms. The summed E-state index contributed by atoms with van der Waals surface area (Å²) in [6.45, 7) is 0.507. The van der Waals surface area contributed by atoms with E-state index >= 15 is 0 Å². The second-order valence-electron chi connectivity index (χ2n) is 7.64. The zero-order valence-electron chi connectivity index (χ0n) is 16.8. The predicted molar refractivity (Wildman–Crippen MR) is 119 cm³/mol. The Labute approximate surface area is 180 Å². The van der Waals surface area contributed by atoms with Gasteiger partial charge in [-0.3, -0.25) is 9.59 Å². The summed E-state index contributed by atoms with van der Waals surface area (Å²) in [4.78, 5) is 24.2. The van der Waals surface area contributed by atoms with Gasteiger partial charge in [-0.1, -0.05) is 30.3 Å². The van der Waals surface area contributed by atoms with E-state index in [-0.39, 0.29) is 17.3 Å². The first-order valence-corrected chi connectivity index (χ1v) is 11.5. The molecule has 1 atom stereocenters. The number of hydrogen-bond acceptors (Lipinski definition) is 4. The summed E-state index contributed by atoms with van der Waals surface area (Å²) < 4.78 is 27.8. The van der Waals surface area contributed by atoms with E-state index in [1.165, 1.54) is 16.4 Å². The number of nitrogens with zero attached hydrogens (tertiary/aromatic N) is 1. The van der Waals surface area contributed by atoms with Crippen molar-refractivity contribution in [3.05, 3.63) is 72.3 Å². The summed E-state index contributed by atoms with van der Waals surface area (Å²) in [5, 5.41) is 4.63. The molecule has 4 rings (SSSR count). The Bertz CT molecular complexity index is 1240. The molecule has 3 aromatic carbocycles. The van der Waals surface area contributed by atoms with E-state index in [4.69, 9.17) is 5.73 Å². The first-order valence-electron chi connectivity index (χ1n) is 10.0. The Kier molecular flexibility index (Phi) is 5.75. The van der Waals surface area contributed by atoms with E-state index in [9.17, 15) is 18.0 Å². The van der Waals surface area contributed by atoms with Crippen molar-refractivity contribution in [1.82, 2.24) is 4.31 Å². The van der Waals surface area contributed by atoms with E-state index in [0.29, 0.717) is 30.6 Å². The number of anilines is 1. The number of fused-ring (bicyclic) bond motifs is 1. The van der Waals surface area contributed by atoms with Gasteiger partial charge in [0, 0.05) is 24.3 Å². The Morgan fingerprint density at radius 1 is 0.968 bits per heavy atom. The van der Waals surface area contributed by atoms with Gasteiger partial charge in [0.1, 0.15) is 0 Å². The molecule has 2 amide bonds. The van der Waals surface area contributed by atoms with Crippen molar-refractivity contribution in [3.8, 4) is 0 Å². The standard InChI is InChI=1S/C23H23N3O4S/c24-22(27)17-7-10-20(11-8-17)25-23(28)19-6-3-13-26(15-19)31(29,30)21-12-9-16-4-1-2-5-18(16)14-21/h1-2,4-5,7-12,14,19H,3,6,13,15H2,(H2,24,27)(H,25,28)/t19-/m1/s1. The van der Waals surface area contributed by atoms with Crippen LogP contribution in [0.3, 0.4) is 0 Å². The lowest BCUT2D eigenvalue weighted by Gasteiger charge is -2.31. The van der Waals surface area contributed by atoms with E-state index in [0.717, 1.165) is 10.8 Å². The summed E-state index contributed by atoms with van der Waals surface area (Å²) in [5.41, 5.74) is 6.11. The van der Waals surface area contributed by atoms with Crippen LogP contribution in [0.15, 0.2) is 71.6 Å². The summed E-state index contributed by atoms with van der Waals surface area (Å²) >= 11 is 0. The van der Waals surface area contributed by atoms with Gasteiger partial charge in [-0.2, -0.15) is 4.31 Å². The maximum atomic E-state index is 13.2. The van der Waals surface area contributed by atoms with Gasteiger partial charge in [-0.15, -0.1) is 0 Å². The number of piperidine rings is 1. The third-order valence-electron chi connectivity index (χ3n) is 5.55. The largest absolute Gasteiger partial charge is 0.366 e. The number of sulfonamides is 1. The fraction of sp³-hybridized carbons (Fsp3) is 0.217. The maximum absolute atomic E-state index is 13.2. The summed E-state index contributed by atoms with van der Waals surface area (Å²) in [6.07, 6.45) is 1.21. The zero-order valence-corrected chi connectivity index (χ0v) is 17.6. The molecule has 3 aromatic rings. The lowest BCUT2D eigenvalue weighted by molar-refractivity contribution is -0.120. The quantitative estimate of drug-likeness (QED) is 0.639. The first-order chi connectivity index (χ1) is 14.8. The Morgan fingerprint density at radius 2 is 1.68 bits per heavy atom. The fourth-order valence-electron chi connectivity index (χ4n) is 3.81. The third-order valence-corrected chi connectivity index (χ3v) is 7.41. The van der Waals surface area contributed by atoms with Gasteiger partial charge in [0.05, 0.1) is 10.8 Å². The molecular formula is C23H23N3O4S. The predicted octanol–water partition coefficient (Wildman–Crippen LogP) is 2.98. The minimum atomic E-state index is -3.71. The fourth-order valence-corrected chi connectivity index (χ4v) is 5.37. The molecule has 31 heavy (non-hydrogen) atoms. The topological polar surface area (TPSA) is 110 Å². The van der Waals surface area contributed by atoms with Crippen LogP contribution < -0.4 is 11.1 Å². The molecule has 1 fully saturated rings. The molecule has 160 valence electrons. The lowest BCUT2D eigenvalue weighted by Crippen LogP contribution is -2.43. The van der Waals surface area contributed by atoms with E-state index in [1.54, 1.807) is 30.3 Å². The third kappa shape index (κ3) is 4.45.